The molecule has 0 aliphatic rings. The zero-order chi connectivity index (χ0) is 16.9. The van der Waals surface area contributed by atoms with Crippen LogP contribution in [0.3, 0.4) is 0 Å². The third kappa shape index (κ3) is 3.63. The van der Waals surface area contributed by atoms with Gasteiger partial charge in [-0.1, -0.05) is 0 Å². The van der Waals surface area contributed by atoms with Gasteiger partial charge in [0.15, 0.2) is 0 Å². The molecule has 24 heavy (non-hydrogen) atoms. The summed E-state index contributed by atoms with van der Waals surface area (Å²) in [7, 11) is 3.30. The van der Waals surface area contributed by atoms with Crippen LogP contribution in [0.25, 0.3) is 11.3 Å². The normalized spacial score (nSPS) is 10.3. The second-order valence-electron chi connectivity index (χ2n) is 5.27. The van der Waals surface area contributed by atoms with E-state index in [9.17, 15) is 0 Å². The molecule has 1 aromatic heterocycles. The molecular formula is C19H19N3O2. The molecule has 0 fully saturated rings. The molecule has 5 nitrogen and oxygen atoms in total. The standard InChI is InChI=1S/C19H19N3O2/c1-13-20-18(14-4-8-16(23-2)9-5-14)12-19(21-13)22-15-6-10-17(24-3)11-7-15/h4-12H,1-3H3,(H,20,21,22). The zero-order valence-corrected chi connectivity index (χ0v) is 13.9. The number of aryl methyl sites for hydroxylation is 1. The van der Waals surface area contributed by atoms with Gasteiger partial charge in [0.2, 0.25) is 0 Å². The van der Waals surface area contributed by atoms with Gasteiger partial charge in [0, 0.05) is 17.3 Å². The van der Waals surface area contributed by atoms with E-state index in [2.05, 4.69) is 15.3 Å². The largest absolute Gasteiger partial charge is 0.497 e. The first-order valence-electron chi connectivity index (χ1n) is 7.59. The summed E-state index contributed by atoms with van der Waals surface area (Å²) in [4.78, 5) is 8.97. The molecule has 0 saturated carbocycles. The highest BCUT2D eigenvalue weighted by molar-refractivity contribution is 5.66. The van der Waals surface area contributed by atoms with Gasteiger partial charge in [0.25, 0.3) is 0 Å². The second kappa shape index (κ2) is 7.00. The van der Waals surface area contributed by atoms with E-state index in [-0.39, 0.29) is 0 Å². The quantitative estimate of drug-likeness (QED) is 0.763. The van der Waals surface area contributed by atoms with E-state index >= 15 is 0 Å². The monoisotopic (exact) mass is 321 g/mol. The maximum Gasteiger partial charge on any atom is 0.134 e. The number of hydrogen-bond donors (Lipinski definition) is 1. The Kier molecular flexibility index (Phi) is 4.61. The van der Waals surface area contributed by atoms with E-state index < -0.39 is 0 Å². The van der Waals surface area contributed by atoms with Crippen LogP contribution in [0.1, 0.15) is 5.82 Å². The zero-order valence-electron chi connectivity index (χ0n) is 13.9. The molecule has 122 valence electrons. The van der Waals surface area contributed by atoms with Crippen LogP contribution in [0.5, 0.6) is 11.5 Å². The number of aromatic nitrogens is 2. The molecule has 5 heteroatoms. The molecule has 0 atom stereocenters. The lowest BCUT2D eigenvalue weighted by molar-refractivity contribution is 0.415. The van der Waals surface area contributed by atoms with Crippen LogP contribution in [0.4, 0.5) is 11.5 Å². The number of anilines is 2. The molecule has 0 aliphatic carbocycles. The molecule has 3 aromatic rings. The van der Waals surface area contributed by atoms with Crippen LogP contribution in [-0.4, -0.2) is 24.2 Å². The van der Waals surface area contributed by atoms with E-state index in [0.717, 1.165) is 34.3 Å². The molecule has 0 aliphatic heterocycles. The molecule has 3 rings (SSSR count). The first-order valence-corrected chi connectivity index (χ1v) is 7.59. The molecule has 0 radical (unpaired) electrons. The van der Waals surface area contributed by atoms with E-state index in [4.69, 9.17) is 9.47 Å². The average molecular weight is 321 g/mol. The Hall–Kier alpha value is -3.08. The summed E-state index contributed by atoms with van der Waals surface area (Å²) in [6.07, 6.45) is 0. The fourth-order valence-electron chi connectivity index (χ4n) is 2.36. The van der Waals surface area contributed by atoms with E-state index in [1.807, 2.05) is 61.5 Å². The van der Waals surface area contributed by atoms with Gasteiger partial charge in [0.1, 0.15) is 23.1 Å². The lowest BCUT2D eigenvalue weighted by Gasteiger charge is -2.10. The number of rotatable bonds is 5. The minimum Gasteiger partial charge on any atom is -0.497 e. The topological polar surface area (TPSA) is 56.3 Å². The summed E-state index contributed by atoms with van der Waals surface area (Å²) in [5.74, 6) is 3.09. The van der Waals surface area contributed by atoms with Crippen molar-refractivity contribution in [2.45, 2.75) is 6.92 Å². The highest BCUT2D eigenvalue weighted by atomic mass is 16.5. The summed E-state index contributed by atoms with van der Waals surface area (Å²) < 4.78 is 10.4. The molecule has 1 N–H and O–H groups in total. The van der Waals surface area contributed by atoms with Gasteiger partial charge in [-0.15, -0.1) is 0 Å². The number of hydrogen-bond acceptors (Lipinski definition) is 5. The fourth-order valence-corrected chi connectivity index (χ4v) is 2.36. The number of methoxy groups -OCH3 is 2. The smallest absolute Gasteiger partial charge is 0.134 e. The third-order valence-corrected chi connectivity index (χ3v) is 3.59. The summed E-state index contributed by atoms with van der Waals surface area (Å²) >= 11 is 0. The van der Waals surface area contributed by atoms with Crippen LogP contribution in [0.2, 0.25) is 0 Å². The van der Waals surface area contributed by atoms with Crippen molar-refractivity contribution in [1.82, 2.24) is 9.97 Å². The Morgan fingerprint density at radius 2 is 1.38 bits per heavy atom. The molecule has 0 saturated heterocycles. The average Bonchev–Trinajstić information content (AvgIpc) is 2.62. The maximum atomic E-state index is 5.20. The van der Waals surface area contributed by atoms with Crippen LogP contribution < -0.4 is 14.8 Å². The predicted molar refractivity (Wildman–Crippen MR) is 95.0 cm³/mol. The van der Waals surface area contributed by atoms with Crippen molar-refractivity contribution < 1.29 is 9.47 Å². The van der Waals surface area contributed by atoms with Gasteiger partial charge >= 0.3 is 0 Å². The SMILES string of the molecule is COc1ccc(Nc2cc(-c3ccc(OC)cc3)nc(C)n2)cc1. The van der Waals surface area contributed by atoms with Crippen molar-refractivity contribution in [1.29, 1.82) is 0 Å². The molecule has 2 aromatic carbocycles. The number of nitrogens with zero attached hydrogens (tertiary/aromatic N) is 2. The molecule has 0 unspecified atom stereocenters. The number of ether oxygens (including phenoxy) is 2. The van der Waals surface area contributed by atoms with E-state index in [1.165, 1.54) is 0 Å². The van der Waals surface area contributed by atoms with Gasteiger partial charge in [-0.05, 0) is 55.5 Å². The van der Waals surface area contributed by atoms with Crippen LogP contribution >= 0.6 is 0 Å². The molecule has 1 heterocycles. The van der Waals surface area contributed by atoms with Gasteiger partial charge < -0.3 is 14.8 Å². The van der Waals surface area contributed by atoms with Gasteiger partial charge in [-0.25, -0.2) is 9.97 Å². The minimum absolute atomic E-state index is 0.708. The summed E-state index contributed by atoms with van der Waals surface area (Å²) in [6, 6.07) is 17.4. The molecule has 0 spiro atoms. The van der Waals surface area contributed by atoms with Crippen molar-refractivity contribution in [2.24, 2.45) is 0 Å². The van der Waals surface area contributed by atoms with Crippen molar-refractivity contribution in [3.8, 4) is 22.8 Å². The van der Waals surface area contributed by atoms with E-state index in [1.54, 1.807) is 14.2 Å². The van der Waals surface area contributed by atoms with Crippen LogP contribution in [0, 0.1) is 6.92 Å². The minimum atomic E-state index is 0.708. The van der Waals surface area contributed by atoms with Gasteiger partial charge in [0.05, 0.1) is 19.9 Å². The Bertz CT molecular complexity index is 815. The van der Waals surface area contributed by atoms with Crippen LogP contribution in [0.15, 0.2) is 54.6 Å². The van der Waals surface area contributed by atoms with Crippen molar-refractivity contribution in [3.05, 3.63) is 60.4 Å². The lowest BCUT2D eigenvalue weighted by Crippen LogP contribution is -1.99. The number of nitrogens with one attached hydrogen (secondary N) is 1. The first-order chi connectivity index (χ1) is 11.7. The Labute approximate surface area is 141 Å². The Balaban J connectivity index is 1.87. The Morgan fingerprint density at radius 1 is 0.792 bits per heavy atom. The maximum absolute atomic E-state index is 5.20. The van der Waals surface area contributed by atoms with Crippen molar-refractivity contribution in [3.63, 3.8) is 0 Å². The predicted octanol–water partition coefficient (Wildman–Crippen LogP) is 4.21. The fraction of sp³-hybridized carbons (Fsp3) is 0.158. The summed E-state index contributed by atoms with van der Waals surface area (Å²) in [5.41, 5.74) is 2.81. The third-order valence-electron chi connectivity index (χ3n) is 3.59. The second-order valence-corrected chi connectivity index (χ2v) is 5.27. The molecule has 0 amide bonds. The highest BCUT2D eigenvalue weighted by Crippen LogP contribution is 2.24. The lowest BCUT2D eigenvalue weighted by atomic mass is 10.1. The molecule has 0 bridgehead atoms. The van der Waals surface area contributed by atoms with Crippen LogP contribution in [-0.2, 0) is 0 Å². The molecular weight excluding hydrogens is 302 g/mol. The van der Waals surface area contributed by atoms with Gasteiger partial charge in [-0.2, -0.15) is 0 Å². The highest BCUT2D eigenvalue weighted by Gasteiger charge is 2.06. The van der Waals surface area contributed by atoms with E-state index in [0.29, 0.717) is 5.82 Å². The number of benzene rings is 2. The van der Waals surface area contributed by atoms with Crippen molar-refractivity contribution >= 4 is 11.5 Å². The van der Waals surface area contributed by atoms with Gasteiger partial charge in [-0.3, -0.25) is 0 Å². The summed E-state index contributed by atoms with van der Waals surface area (Å²) in [5, 5.41) is 3.30. The summed E-state index contributed by atoms with van der Waals surface area (Å²) in [6.45, 7) is 1.88. The van der Waals surface area contributed by atoms with Crippen molar-refractivity contribution in [2.75, 3.05) is 19.5 Å². The first kappa shape index (κ1) is 15.8. The Morgan fingerprint density at radius 3 is 1.96 bits per heavy atom.